The fraction of sp³-hybridized carbons (Fsp3) is 0.160. The average Bonchev–Trinajstić information content (AvgIpc) is 3.00. The van der Waals surface area contributed by atoms with Gasteiger partial charge in [-0.05, 0) is 86.9 Å². The Balaban J connectivity index is 1.77. The Hall–Kier alpha value is -3.45. The smallest absolute Gasteiger partial charge is 0.318 e. The molecule has 0 atom stereocenters. The standard InChI is InChI=1S/C25H22BrN3O3/c1-14-8-9-21(10-15(14)2)28-16(3)11-18(17(28)4)12-22-23(30)27-25(32)29(24(22)31)20-7-5-6-19(26)13-20/h5-13H,1-4H3,(H,27,30,32)/b22-12+. The molecule has 1 fully saturated rings. The van der Waals surface area contributed by atoms with Crippen molar-refractivity contribution in [2.45, 2.75) is 27.7 Å². The first-order chi connectivity index (χ1) is 15.2. The highest BCUT2D eigenvalue weighted by atomic mass is 79.9. The van der Waals surface area contributed by atoms with Crippen LogP contribution < -0.4 is 10.2 Å². The van der Waals surface area contributed by atoms with Gasteiger partial charge >= 0.3 is 6.03 Å². The van der Waals surface area contributed by atoms with Crippen molar-refractivity contribution in [1.82, 2.24) is 9.88 Å². The molecule has 3 aromatic rings. The first-order valence-electron chi connectivity index (χ1n) is 10.1. The van der Waals surface area contributed by atoms with E-state index in [0.717, 1.165) is 32.0 Å². The fourth-order valence-corrected chi connectivity index (χ4v) is 4.25. The summed E-state index contributed by atoms with van der Waals surface area (Å²) in [5.41, 5.74) is 6.29. The molecule has 2 heterocycles. The molecule has 2 aromatic carbocycles. The molecule has 0 bridgehead atoms. The second-order valence-electron chi connectivity index (χ2n) is 7.87. The molecule has 1 aliphatic rings. The van der Waals surface area contributed by atoms with E-state index in [4.69, 9.17) is 0 Å². The average molecular weight is 492 g/mol. The summed E-state index contributed by atoms with van der Waals surface area (Å²) in [7, 11) is 0. The third-order valence-corrected chi connectivity index (χ3v) is 6.18. The molecule has 4 rings (SSSR count). The van der Waals surface area contributed by atoms with Crippen LogP contribution >= 0.6 is 15.9 Å². The van der Waals surface area contributed by atoms with Crippen LogP contribution in [0.15, 0.2) is 58.6 Å². The number of benzene rings is 2. The Labute approximate surface area is 194 Å². The van der Waals surface area contributed by atoms with Crippen molar-refractivity contribution in [2.24, 2.45) is 0 Å². The molecule has 4 amide bonds. The highest BCUT2D eigenvalue weighted by Crippen LogP contribution is 2.27. The van der Waals surface area contributed by atoms with Crippen LogP contribution in [0, 0.1) is 27.7 Å². The molecule has 0 aliphatic carbocycles. The first-order valence-corrected chi connectivity index (χ1v) is 10.9. The Morgan fingerprint density at radius 3 is 2.31 bits per heavy atom. The van der Waals surface area contributed by atoms with Gasteiger partial charge in [0.1, 0.15) is 5.57 Å². The van der Waals surface area contributed by atoms with Crippen molar-refractivity contribution >= 4 is 45.5 Å². The molecular formula is C25H22BrN3O3. The predicted molar refractivity (Wildman–Crippen MR) is 128 cm³/mol. The third kappa shape index (κ3) is 3.80. The van der Waals surface area contributed by atoms with Gasteiger partial charge in [0.25, 0.3) is 11.8 Å². The van der Waals surface area contributed by atoms with Gasteiger partial charge in [0.2, 0.25) is 0 Å². The lowest BCUT2D eigenvalue weighted by atomic mass is 10.1. The van der Waals surface area contributed by atoms with Crippen LogP contribution in [0.25, 0.3) is 11.8 Å². The maximum absolute atomic E-state index is 13.2. The minimum absolute atomic E-state index is 0.0927. The normalized spacial score (nSPS) is 15.5. The molecule has 0 radical (unpaired) electrons. The number of halogens is 1. The van der Waals surface area contributed by atoms with E-state index in [0.29, 0.717) is 5.69 Å². The molecule has 7 heteroatoms. The van der Waals surface area contributed by atoms with Gasteiger partial charge in [-0.15, -0.1) is 0 Å². The Morgan fingerprint density at radius 2 is 1.62 bits per heavy atom. The zero-order valence-corrected chi connectivity index (χ0v) is 19.8. The zero-order chi connectivity index (χ0) is 23.2. The lowest BCUT2D eigenvalue weighted by Gasteiger charge is -2.26. The van der Waals surface area contributed by atoms with E-state index in [-0.39, 0.29) is 5.57 Å². The van der Waals surface area contributed by atoms with Crippen LogP contribution in [0.3, 0.4) is 0 Å². The van der Waals surface area contributed by atoms with Crippen LogP contribution in [0.2, 0.25) is 0 Å². The SMILES string of the molecule is Cc1ccc(-n2c(C)cc(/C=C3\C(=O)NC(=O)N(c4cccc(Br)c4)C3=O)c2C)cc1C. The van der Waals surface area contributed by atoms with Gasteiger partial charge in [-0.25, -0.2) is 9.69 Å². The Kier molecular flexibility index (Phi) is 5.60. The molecule has 0 unspecified atom stereocenters. The number of aromatic nitrogens is 1. The zero-order valence-electron chi connectivity index (χ0n) is 18.2. The van der Waals surface area contributed by atoms with E-state index in [1.54, 1.807) is 30.3 Å². The van der Waals surface area contributed by atoms with Crippen LogP contribution in [-0.4, -0.2) is 22.4 Å². The molecule has 0 saturated carbocycles. The van der Waals surface area contributed by atoms with Gasteiger partial charge in [-0.1, -0.05) is 28.1 Å². The highest BCUT2D eigenvalue weighted by Gasteiger charge is 2.37. The topological polar surface area (TPSA) is 71.4 Å². The number of urea groups is 1. The number of barbiturate groups is 1. The highest BCUT2D eigenvalue weighted by molar-refractivity contribution is 9.10. The van der Waals surface area contributed by atoms with E-state index in [2.05, 4.69) is 51.8 Å². The summed E-state index contributed by atoms with van der Waals surface area (Å²) < 4.78 is 2.80. The number of imide groups is 2. The van der Waals surface area contributed by atoms with Gasteiger partial charge < -0.3 is 4.57 Å². The number of carbonyl (C=O) groups is 3. The minimum atomic E-state index is -0.768. The van der Waals surface area contributed by atoms with Crippen LogP contribution in [0.4, 0.5) is 10.5 Å². The van der Waals surface area contributed by atoms with Crippen molar-refractivity contribution < 1.29 is 14.4 Å². The van der Waals surface area contributed by atoms with Gasteiger partial charge in [0, 0.05) is 21.5 Å². The van der Waals surface area contributed by atoms with Gasteiger partial charge in [-0.2, -0.15) is 0 Å². The van der Waals surface area contributed by atoms with Crippen LogP contribution in [0.1, 0.15) is 28.1 Å². The van der Waals surface area contributed by atoms with Crippen LogP contribution in [0.5, 0.6) is 0 Å². The largest absolute Gasteiger partial charge is 0.335 e. The van der Waals surface area contributed by atoms with Crippen molar-refractivity contribution in [2.75, 3.05) is 4.90 Å². The number of rotatable bonds is 3. The number of carbonyl (C=O) groups excluding carboxylic acids is 3. The summed E-state index contributed by atoms with van der Waals surface area (Å²) in [5, 5.41) is 2.27. The quantitative estimate of drug-likeness (QED) is 0.407. The van der Waals surface area contributed by atoms with E-state index in [9.17, 15) is 14.4 Å². The Bertz CT molecular complexity index is 1320. The molecular weight excluding hydrogens is 470 g/mol. The van der Waals surface area contributed by atoms with Gasteiger partial charge in [-0.3, -0.25) is 14.9 Å². The molecule has 6 nitrogen and oxygen atoms in total. The molecule has 1 aliphatic heterocycles. The second-order valence-corrected chi connectivity index (χ2v) is 8.78. The summed E-state index contributed by atoms with van der Waals surface area (Å²) >= 11 is 3.35. The lowest BCUT2D eigenvalue weighted by molar-refractivity contribution is -0.122. The van der Waals surface area contributed by atoms with Crippen molar-refractivity contribution in [3.05, 3.63) is 86.7 Å². The third-order valence-electron chi connectivity index (χ3n) is 5.69. The minimum Gasteiger partial charge on any atom is -0.318 e. The maximum atomic E-state index is 13.2. The summed E-state index contributed by atoms with van der Waals surface area (Å²) in [6.07, 6.45) is 1.55. The molecule has 1 N–H and O–H groups in total. The van der Waals surface area contributed by atoms with E-state index >= 15 is 0 Å². The number of hydrogen-bond donors (Lipinski definition) is 1. The summed E-state index contributed by atoms with van der Waals surface area (Å²) in [4.78, 5) is 39.1. The van der Waals surface area contributed by atoms with E-state index in [1.807, 2.05) is 26.0 Å². The van der Waals surface area contributed by atoms with Crippen LogP contribution in [-0.2, 0) is 9.59 Å². The molecule has 162 valence electrons. The Morgan fingerprint density at radius 1 is 0.875 bits per heavy atom. The predicted octanol–water partition coefficient (Wildman–Crippen LogP) is 5.14. The summed E-state index contributed by atoms with van der Waals surface area (Å²) in [6.45, 7) is 8.05. The van der Waals surface area contributed by atoms with Crippen molar-refractivity contribution in [3.8, 4) is 5.69 Å². The number of nitrogens with zero attached hydrogens (tertiary/aromatic N) is 2. The number of nitrogens with one attached hydrogen (secondary N) is 1. The molecule has 32 heavy (non-hydrogen) atoms. The summed E-state index contributed by atoms with van der Waals surface area (Å²) in [5.74, 6) is -1.37. The molecule has 1 aromatic heterocycles. The summed E-state index contributed by atoms with van der Waals surface area (Å²) in [6, 6.07) is 14.2. The van der Waals surface area contributed by atoms with Crippen molar-refractivity contribution in [1.29, 1.82) is 0 Å². The number of amides is 4. The fourth-order valence-electron chi connectivity index (χ4n) is 3.86. The van der Waals surface area contributed by atoms with Crippen molar-refractivity contribution in [3.63, 3.8) is 0 Å². The monoisotopic (exact) mass is 491 g/mol. The molecule has 1 saturated heterocycles. The van der Waals surface area contributed by atoms with E-state index < -0.39 is 17.8 Å². The lowest BCUT2D eigenvalue weighted by Crippen LogP contribution is -2.54. The number of hydrogen-bond acceptors (Lipinski definition) is 3. The van der Waals surface area contributed by atoms with Gasteiger partial charge in [0.15, 0.2) is 0 Å². The maximum Gasteiger partial charge on any atom is 0.335 e. The number of aryl methyl sites for hydroxylation is 3. The number of anilines is 1. The second kappa shape index (κ2) is 8.24. The molecule has 0 spiro atoms. The first kappa shape index (κ1) is 21.8. The van der Waals surface area contributed by atoms with E-state index in [1.165, 1.54) is 11.1 Å². The van der Waals surface area contributed by atoms with Gasteiger partial charge in [0.05, 0.1) is 5.69 Å².